The summed E-state index contributed by atoms with van der Waals surface area (Å²) < 4.78 is 0. The zero-order chi connectivity index (χ0) is 13.0. The third-order valence-corrected chi connectivity index (χ3v) is 3.51. The van der Waals surface area contributed by atoms with Gasteiger partial charge in [-0.1, -0.05) is 5.16 Å². The monoisotopic (exact) mass is 242 g/mol. The lowest BCUT2D eigenvalue weighted by molar-refractivity contribution is -0.123. The number of amides is 1. The number of hydrogen-bond donors (Lipinski definition) is 3. The second-order valence-corrected chi connectivity index (χ2v) is 4.81. The molecule has 0 saturated carbocycles. The zero-order valence-electron chi connectivity index (χ0n) is 10.7. The number of hydrogen-bond acceptors (Lipinski definition) is 4. The van der Waals surface area contributed by atoms with E-state index in [0.29, 0.717) is 6.04 Å². The Morgan fingerprint density at radius 1 is 1.65 bits per heavy atom. The van der Waals surface area contributed by atoms with Gasteiger partial charge in [-0.25, -0.2) is 0 Å². The fourth-order valence-corrected chi connectivity index (χ4v) is 1.97. The second-order valence-electron chi connectivity index (χ2n) is 4.81. The lowest BCUT2D eigenvalue weighted by Crippen LogP contribution is -2.49. The molecule has 1 aliphatic rings. The molecule has 0 aromatic heterocycles. The Hall–Kier alpha value is -1.30. The fraction of sp³-hybridized carbons (Fsp3) is 0.818. The number of carbonyl (C=O) groups is 1. The summed E-state index contributed by atoms with van der Waals surface area (Å²) in [5.41, 5.74) is 5.40. The normalized spacial score (nSPS) is 28.8. The molecule has 3 atom stereocenters. The molecular weight excluding hydrogens is 220 g/mol. The SMILES string of the molecule is CC(C(=O)NC1CCN(C)C(C)C1)C(N)=NO. The molecule has 17 heavy (non-hydrogen) atoms. The zero-order valence-corrected chi connectivity index (χ0v) is 10.7. The third kappa shape index (κ3) is 3.59. The Bertz CT molecular complexity index is 306. The summed E-state index contributed by atoms with van der Waals surface area (Å²) in [7, 11) is 2.09. The molecule has 1 amide bonds. The number of amidine groups is 1. The predicted octanol–water partition coefficient (Wildman–Crippen LogP) is -0.0322. The molecule has 4 N–H and O–H groups in total. The van der Waals surface area contributed by atoms with Gasteiger partial charge in [0.05, 0.1) is 5.92 Å². The highest BCUT2D eigenvalue weighted by Crippen LogP contribution is 2.15. The van der Waals surface area contributed by atoms with Crippen LogP contribution in [0.3, 0.4) is 0 Å². The minimum atomic E-state index is -0.588. The molecule has 1 rings (SSSR count). The molecule has 0 aromatic carbocycles. The topological polar surface area (TPSA) is 91.0 Å². The maximum absolute atomic E-state index is 11.8. The Morgan fingerprint density at radius 2 is 2.29 bits per heavy atom. The van der Waals surface area contributed by atoms with Crippen molar-refractivity contribution in [3.05, 3.63) is 0 Å². The summed E-state index contributed by atoms with van der Waals surface area (Å²) in [5.74, 6) is -0.819. The first-order valence-corrected chi connectivity index (χ1v) is 5.93. The van der Waals surface area contributed by atoms with Crippen LogP contribution < -0.4 is 11.1 Å². The molecule has 1 aliphatic heterocycles. The summed E-state index contributed by atoms with van der Waals surface area (Å²) in [6.07, 6.45) is 1.88. The molecule has 98 valence electrons. The largest absolute Gasteiger partial charge is 0.409 e. The van der Waals surface area contributed by atoms with Crippen LogP contribution in [0, 0.1) is 5.92 Å². The molecule has 0 bridgehead atoms. The van der Waals surface area contributed by atoms with Crippen molar-refractivity contribution in [2.24, 2.45) is 16.8 Å². The third-order valence-electron chi connectivity index (χ3n) is 3.51. The van der Waals surface area contributed by atoms with Crippen molar-refractivity contribution in [1.29, 1.82) is 0 Å². The van der Waals surface area contributed by atoms with Crippen molar-refractivity contribution in [2.75, 3.05) is 13.6 Å². The average Bonchev–Trinajstić information content (AvgIpc) is 2.31. The first-order chi connectivity index (χ1) is 7.95. The van der Waals surface area contributed by atoms with Gasteiger partial charge in [0.15, 0.2) is 5.84 Å². The van der Waals surface area contributed by atoms with Gasteiger partial charge in [-0.3, -0.25) is 4.79 Å². The highest BCUT2D eigenvalue weighted by atomic mass is 16.4. The number of nitrogens with one attached hydrogen (secondary N) is 1. The summed E-state index contributed by atoms with van der Waals surface area (Å²) >= 11 is 0. The summed E-state index contributed by atoms with van der Waals surface area (Å²) in [4.78, 5) is 14.1. The van der Waals surface area contributed by atoms with Gasteiger partial charge in [-0.2, -0.15) is 0 Å². The van der Waals surface area contributed by atoms with Crippen molar-refractivity contribution >= 4 is 11.7 Å². The molecule has 1 saturated heterocycles. The van der Waals surface area contributed by atoms with Gasteiger partial charge in [-0.15, -0.1) is 0 Å². The van der Waals surface area contributed by atoms with E-state index in [1.165, 1.54) is 0 Å². The van der Waals surface area contributed by atoms with E-state index >= 15 is 0 Å². The number of rotatable bonds is 3. The van der Waals surface area contributed by atoms with E-state index in [4.69, 9.17) is 10.9 Å². The Kier molecular flexibility index (Phi) is 4.74. The van der Waals surface area contributed by atoms with Gasteiger partial charge in [0.1, 0.15) is 0 Å². The van der Waals surface area contributed by atoms with Crippen molar-refractivity contribution in [1.82, 2.24) is 10.2 Å². The Labute approximate surface area is 102 Å². The quantitative estimate of drug-likeness (QED) is 0.280. The average molecular weight is 242 g/mol. The van der Waals surface area contributed by atoms with E-state index in [9.17, 15) is 4.79 Å². The summed E-state index contributed by atoms with van der Waals surface area (Å²) in [6, 6.07) is 0.649. The first kappa shape index (κ1) is 13.8. The molecule has 0 spiro atoms. The van der Waals surface area contributed by atoms with Crippen molar-refractivity contribution < 1.29 is 10.0 Å². The number of piperidine rings is 1. The van der Waals surface area contributed by atoms with E-state index in [2.05, 4.69) is 29.3 Å². The predicted molar refractivity (Wildman–Crippen MR) is 65.8 cm³/mol. The lowest BCUT2D eigenvalue weighted by atomic mass is 9.98. The second kappa shape index (κ2) is 5.86. The van der Waals surface area contributed by atoms with Crippen LogP contribution in [-0.4, -0.2) is 47.5 Å². The smallest absolute Gasteiger partial charge is 0.230 e. The maximum Gasteiger partial charge on any atom is 0.230 e. The standard InChI is InChI=1S/C11H22N4O2/c1-7-6-9(4-5-15(7)3)13-11(16)8(2)10(12)14-17/h7-9,17H,4-6H2,1-3H3,(H2,12,14)(H,13,16). The van der Waals surface area contributed by atoms with Crippen LogP contribution in [0.5, 0.6) is 0 Å². The molecule has 0 radical (unpaired) electrons. The highest BCUT2D eigenvalue weighted by Gasteiger charge is 2.26. The van der Waals surface area contributed by atoms with Crippen molar-refractivity contribution in [3.63, 3.8) is 0 Å². The fourth-order valence-electron chi connectivity index (χ4n) is 1.97. The van der Waals surface area contributed by atoms with Crippen LogP contribution in [0.25, 0.3) is 0 Å². The van der Waals surface area contributed by atoms with Crippen LogP contribution >= 0.6 is 0 Å². The molecule has 6 heteroatoms. The number of oxime groups is 1. The number of nitrogens with two attached hydrogens (primary N) is 1. The van der Waals surface area contributed by atoms with Crippen LogP contribution in [-0.2, 0) is 4.79 Å². The van der Waals surface area contributed by atoms with Gasteiger partial charge in [-0.05, 0) is 33.7 Å². The van der Waals surface area contributed by atoms with Crippen LogP contribution in [0.1, 0.15) is 26.7 Å². The van der Waals surface area contributed by atoms with Gasteiger partial charge < -0.3 is 21.2 Å². The minimum Gasteiger partial charge on any atom is -0.409 e. The van der Waals surface area contributed by atoms with Gasteiger partial charge >= 0.3 is 0 Å². The molecule has 3 unspecified atom stereocenters. The summed E-state index contributed by atoms with van der Waals surface area (Å²) in [5, 5.41) is 14.3. The first-order valence-electron chi connectivity index (χ1n) is 5.93. The van der Waals surface area contributed by atoms with E-state index in [-0.39, 0.29) is 17.8 Å². The number of likely N-dealkylation sites (tertiary alicyclic amines) is 1. The van der Waals surface area contributed by atoms with Crippen LogP contribution in [0.15, 0.2) is 5.16 Å². The molecule has 1 heterocycles. The number of carbonyl (C=O) groups excluding carboxylic acids is 1. The molecule has 0 aromatic rings. The Balaban J connectivity index is 2.47. The molecule has 0 aliphatic carbocycles. The van der Waals surface area contributed by atoms with Gasteiger partial charge in [0.2, 0.25) is 5.91 Å². The van der Waals surface area contributed by atoms with Gasteiger partial charge in [0.25, 0.3) is 0 Å². The Morgan fingerprint density at radius 3 is 2.82 bits per heavy atom. The molecule has 6 nitrogen and oxygen atoms in total. The lowest BCUT2D eigenvalue weighted by Gasteiger charge is -2.35. The molecule has 1 fully saturated rings. The maximum atomic E-state index is 11.8. The van der Waals surface area contributed by atoms with Crippen LogP contribution in [0.4, 0.5) is 0 Å². The van der Waals surface area contributed by atoms with E-state index in [0.717, 1.165) is 19.4 Å². The van der Waals surface area contributed by atoms with Crippen LogP contribution in [0.2, 0.25) is 0 Å². The van der Waals surface area contributed by atoms with E-state index in [1.807, 2.05) is 0 Å². The van der Waals surface area contributed by atoms with Crippen molar-refractivity contribution in [2.45, 2.75) is 38.8 Å². The van der Waals surface area contributed by atoms with E-state index in [1.54, 1.807) is 6.92 Å². The minimum absolute atomic E-state index is 0.0523. The summed E-state index contributed by atoms with van der Waals surface area (Å²) in [6.45, 7) is 4.75. The molecular formula is C11H22N4O2. The number of nitrogens with zero attached hydrogens (tertiary/aromatic N) is 2. The highest BCUT2D eigenvalue weighted by molar-refractivity contribution is 6.01. The van der Waals surface area contributed by atoms with E-state index < -0.39 is 5.92 Å². The van der Waals surface area contributed by atoms with Crippen molar-refractivity contribution in [3.8, 4) is 0 Å². The van der Waals surface area contributed by atoms with Gasteiger partial charge in [0, 0.05) is 18.6 Å².